The van der Waals surface area contributed by atoms with Gasteiger partial charge in [0.05, 0.1) is 0 Å². The standard InChI is InChI=1S/C6H10N2.C4H5N/c1-7(2)8-5-3-4-6-8;1-2-4-5-3-1/h3-6H,1-2H3;1-5H. The van der Waals surface area contributed by atoms with E-state index < -0.39 is 0 Å². The quantitative estimate of drug-likeness (QED) is 0.704. The van der Waals surface area contributed by atoms with Crippen molar-refractivity contribution in [1.82, 2.24) is 9.66 Å². The van der Waals surface area contributed by atoms with E-state index in [1.165, 1.54) is 0 Å². The van der Waals surface area contributed by atoms with E-state index in [1.807, 2.05) is 72.8 Å². The molecule has 0 bridgehead atoms. The summed E-state index contributed by atoms with van der Waals surface area (Å²) in [5, 5.41) is 2.00. The summed E-state index contributed by atoms with van der Waals surface area (Å²) in [6, 6.07) is 7.89. The first-order valence-electron chi connectivity index (χ1n) is 4.19. The lowest BCUT2D eigenvalue weighted by molar-refractivity contribution is 0.737. The number of aromatic nitrogens is 2. The molecule has 0 atom stereocenters. The summed E-state index contributed by atoms with van der Waals surface area (Å²) in [6.45, 7) is 0. The van der Waals surface area contributed by atoms with Crippen LogP contribution >= 0.6 is 0 Å². The van der Waals surface area contributed by atoms with Gasteiger partial charge in [-0.15, -0.1) is 0 Å². The third-order valence-corrected chi connectivity index (χ3v) is 1.55. The second-order valence-electron chi connectivity index (χ2n) is 2.80. The average Bonchev–Trinajstić information content (AvgIpc) is 2.82. The van der Waals surface area contributed by atoms with E-state index >= 15 is 0 Å². The van der Waals surface area contributed by atoms with Crippen LogP contribution in [0, 0.1) is 0 Å². The molecule has 0 aliphatic rings. The molecular formula is C10H15N3. The lowest BCUT2D eigenvalue weighted by Gasteiger charge is -2.12. The molecule has 0 radical (unpaired) electrons. The van der Waals surface area contributed by atoms with E-state index in [4.69, 9.17) is 0 Å². The molecule has 1 N–H and O–H groups in total. The maximum absolute atomic E-state index is 2.86. The van der Waals surface area contributed by atoms with Crippen LogP contribution in [-0.4, -0.2) is 23.8 Å². The summed E-state index contributed by atoms with van der Waals surface area (Å²) in [6.07, 6.45) is 7.75. The van der Waals surface area contributed by atoms with Gasteiger partial charge in [-0.1, -0.05) is 0 Å². The van der Waals surface area contributed by atoms with Crippen molar-refractivity contribution in [2.45, 2.75) is 0 Å². The highest BCUT2D eigenvalue weighted by atomic mass is 15.5. The third kappa shape index (κ3) is 3.51. The highest BCUT2D eigenvalue weighted by Gasteiger charge is 1.83. The van der Waals surface area contributed by atoms with Crippen molar-refractivity contribution in [2.75, 3.05) is 19.1 Å². The van der Waals surface area contributed by atoms with Gasteiger partial charge in [-0.2, -0.15) is 0 Å². The summed E-state index contributed by atoms with van der Waals surface area (Å²) in [7, 11) is 4.00. The Bertz CT molecular complexity index is 265. The van der Waals surface area contributed by atoms with Gasteiger partial charge >= 0.3 is 0 Å². The van der Waals surface area contributed by atoms with Gasteiger partial charge in [0.15, 0.2) is 0 Å². The van der Waals surface area contributed by atoms with Crippen LogP contribution in [0.5, 0.6) is 0 Å². The molecular weight excluding hydrogens is 162 g/mol. The first-order chi connectivity index (χ1) is 6.30. The number of hydrogen-bond donors (Lipinski definition) is 1. The van der Waals surface area contributed by atoms with Crippen LogP contribution in [0.3, 0.4) is 0 Å². The van der Waals surface area contributed by atoms with E-state index in [0.29, 0.717) is 0 Å². The number of aromatic amines is 1. The van der Waals surface area contributed by atoms with Crippen molar-refractivity contribution in [3.63, 3.8) is 0 Å². The second kappa shape index (κ2) is 5.09. The molecule has 3 heteroatoms. The molecule has 2 aromatic rings. The average molecular weight is 177 g/mol. The van der Waals surface area contributed by atoms with Crippen molar-refractivity contribution in [3.05, 3.63) is 49.1 Å². The third-order valence-electron chi connectivity index (χ3n) is 1.55. The smallest absolute Gasteiger partial charge is 0.0260 e. The number of hydrogen-bond acceptors (Lipinski definition) is 1. The summed E-state index contributed by atoms with van der Waals surface area (Å²) in [4.78, 5) is 2.86. The minimum Gasteiger partial charge on any atom is -0.368 e. The molecule has 0 saturated heterocycles. The Morgan fingerprint density at radius 1 is 0.923 bits per heavy atom. The molecule has 0 aliphatic heterocycles. The highest BCUT2D eigenvalue weighted by molar-refractivity contribution is 4.93. The molecule has 3 nitrogen and oxygen atoms in total. The maximum Gasteiger partial charge on any atom is 0.0260 e. The van der Waals surface area contributed by atoms with Crippen LogP contribution in [0.15, 0.2) is 49.1 Å². The van der Waals surface area contributed by atoms with Crippen LogP contribution in [-0.2, 0) is 0 Å². The van der Waals surface area contributed by atoms with Gasteiger partial charge in [-0.05, 0) is 24.3 Å². The molecule has 0 unspecified atom stereocenters. The topological polar surface area (TPSA) is 24.0 Å². The van der Waals surface area contributed by atoms with Crippen LogP contribution in [0.2, 0.25) is 0 Å². The lowest BCUT2D eigenvalue weighted by Crippen LogP contribution is -2.22. The monoisotopic (exact) mass is 177 g/mol. The molecule has 0 fully saturated rings. The van der Waals surface area contributed by atoms with Crippen LogP contribution in [0.1, 0.15) is 0 Å². The van der Waals surface area contributed by atoms with E-state index in [0.717, 1.165) is 0 Å². The normalized spacial score (nSPS) is 8.77. The fourth-order valence-corrected chi connectivity index (χ4v) is 0.870. The molecule has 13 heavy (non-hydrogen) atoms. The van der Waals surface area contributed by atoms with Crippen molar-refractivity contribution in [1.29, 1.82) is 0 Å². The molecule has 0 aromatic carbocycles. The first kappa shape index (κ1) is 9.45. The Morgan fingerprint density at radius 2 is 1.46 bits per heavy atom. The zero-order valence-corrected chi connectivity index (χ0v) is 8.01. The van der Waals surface area contributed by atoms with Gasteiger partial charge in [0, 0.05) is 38.9 Å². The number of nitrogens with one attached hydrogen (secondary N) is 1. The summed E-state index contributed by atoms with van der Waals surface area (Å²) in [5.74, 6) is 0. The zero-order chi connectivity index (χ0) is 9.52. The molecule has 70 valence electrons. The summed E-state index contributed by atoms with van der Waals surface area (Å²) in [5.41, 5.74) is 0. The van der Waals surface area contributed by atoms with Crippen molar-refractivity contribution in [3.8, 4) is 0 Å². The van der Waals surface area contributed by atoms with E-state index in [9.17, 15) is 0 Å². The minimum absolute atomic E-state index is 1.88. The number of H-pyrrole nitrogens is 1. The molecule has 0 saturated carbocycles. The molecule has 2 rings (SSSR count). The second-order valence-corrected chi connectivity index (χ2v) is 2.80. The zero-order valence-electron chi connectivity index (χ0n) is 8.01. The van der Waals surface area contributed by atoms with Gasteiger partial charge in [0.1, 0.15) is 0 Å². The Balaban J connectivity index is 0.000000145. The van der Waals surface area contributed by atoms with E-state index in [-0.39, 0.29) is 0 Å². The molecule has 2 heterocycles. The van der Waals surface area contributed by atoms with Crippen molar-refractivity contribution < 1.29 is 0 Å². The van der Waals surface area contributed by atoms with Crippen LogP contribution in [0.25, 0.3) is 0 Å². The summed E-state index contributed by atoms with van der Waals surface area (Å²) < 4.78 is 2.00. The van der Waals surface area contributed by atoms with Gasteiger partial charge < -0.3 is 9.99 Å². The highest BCUT2D eigenvalue weighted by Crippen LogP contribution is 1.86. The lowest BCUT2D eigenvalue weighted by atomic mass is 10.7. The van der Waals surface area contributed by atoms with Crippen molar-refractivity contribution >= 4 is 0 Å². The minimum atomic E-state index is 1.88. The van der Waals surface area contributed by atoms with E-state index in [2.05, 4.69) is 4.98 Å². The fraction of sp³-hybridized carbons (Fsp3) is 0.200. The maximum atomic E-state index is 2.86. The summed E-state index contributed by atoms with van der Waals surface area (Å²) >= 11 is 0. The molecule has 0 amide bonds. The largest absolute Gasteiger partial charge is 0.368 e. The van der Waals surface area contributed by atoms with Crippen molar-refractivity contribution in [2.24, 2.45) is 0 Å². The predicted molar refractivity (Wildman–Crippen MR) is 55.3 cm³/mol. The fourth-order valence-electron chi connectivity index (χ4n) is 0.870. The van der Waals surface area contributed by atoms with Gasteiger partial charge in [0.2, 0.25) is 0 Å². The van der Waals surface area contributed by atoms with Gasteiger partial charge in [-0.3, -0.25) is 4.68 Å². The molecule has 2 aromatic heterocycles. The Morgan fingerprint density at radius 3 is 1.69 bits per heavy atom. The Labute approximate surface area is 78.6 Å². The van der Waals surface area contributed by atoms with Crippen LogP contribution in [0.4, 0.5) is 0 Å². The van der Waals surface area contributed by atoms with Crippen LogP contribution < -0.4 is 5.01 Å². The first-order valence-corrected chi connectivity index (χ1v) is 4.19. The van der Waals surface area contributed by atoms with E-state index in [1.54, 1.807) is 0 Å². The Hall–Kier alpha value is -1.64. The molecule has 0 spiro atoms. The SMILES string of the molecule is CN(C)n1cccc1.c1cc[nH]c1. The van der Waals surface area contributed by atoms with Gasteiger partial charge in [0.25, 0.3) is 0 Å². The van der Waals surface area contributed by atoms with Gasteiger partial charge in [-0.25, -0.2) is 0 Å². The molecule has 0 aliphatic carbocycles. The Kier molecular flexibility index (Phi) is 3.70. The predicted octanol–water partition coefficient (Wildman–Crippen LogP) is 1.70. The number of rotatable bonds is 1. The number of nitrogens with zero attached hydrogens (tertiary/aromatic N) is 2.